The van der Waals surface area contributed by atoms with E-state index in [2.05, 4.69) is 32.9 Å². The minimum Gasteiger partial charge on any atom is -0.385 e. The third-order valence-electron chi connectivity index (χ3n) is 4.16. The lowest BCUT2D eigenvalue weighted by atomic mass is 10.1. The predicted octanol–water partition coefficient (Wildman–Crippen LogP) is 2.47. The summed E-state index contributed by atoms with van der Waals surface area (Å²) in [6.07, 6.45) is 1.96. The second kappa shape index (κ2) is 17.5. The molecule has 166 valence electrons. The van der Waals surface area contributed by atoms with Crippen molar-refractivity contribution >= 4 is 35.8 Å². The molecule has 8 heteroatoms. The average molecular weight is 519 g/mol. The smallest absolute Gasteiger partial charge is 0.251 e. The maximum atomic E-state index is 12.1. The molecule has 0 aliphatic heterocycles. The highest BCUT2D eigenvalue weighted by Crippen LogP contribution is 2.07. The lowest BCUT2D eigenvalue weighted by Crippen LogP contribution is -2.41. The first kappa shape index (κ1) is 27.6. The Hall–Kier alpha value is -1.39. The zero-order valence-electron chi connectivity index (χ0n) is 18.3. The van der Waals surface area contributed by atoms with Gasteiger partial charge in [0.2, 0.25) is 0 Å². The van der Waals surface area contributed by atoms with Crippen molar-refractivity contribution in [3.05, 3.63) is 35.4 Å². The third-order valence-corrected chi connectivity index (χ3v) is 4.16. The van der Waals surface area contributed by atoms with Gasteiger partial charge in [0.25, 0.3) is 5.91 Å². The van der Waals surface area contributed by atoms with Gasteiger partial charge in [-0.3, -0.25) is 4.79 Å². The number of likely N-dealkylation sites (N-methyl/N-ethyl adjacent to an activating group) is 1. The average Bonchev–Trinajstić information content (AvgIpc) is 2.70. The largest absolute Gasteiger partial charge is 0.385 e. The molecule has 0 heterocycles. The number of nitrogens with one attached hydrogen (secondary N) is 3. The van der Waals surface area contributed by atoms with Gasteiger partial charge in [0.15, 0.2) is 5.96 Å². The molecule has 1 rings (SSSR count). The molecular formula is C21H38IN5O2. The van der Waals surface area contributed by atoms with E-state index in [0.717, 1.165) is 57.2 Å². The number of hydrogen-bond acceptors (Lipinski definition) is 4. The maximum Gasteiger partial charge on any atom is 0.251 e. The van der Waals surface area contributed by atoms with E-state index >= 15 is 0 Å². The van der Waals surface area contributed by atoms with Crippen LogP contribution in [0.5, 0.6) is 0 Å². The number of carbonyl (C=O) groups is 1. The Morgan fingerprint density at radius 1 is 1.14 bits per heavy atom. The van der Waals surface area contributed by atoms with Crippen molar-refractivity contribution in [2.75, 3.05) is 53.5 Å². The Morgan fingerprint density at radius 3 is 2.62 bits per heavy atom. The highest BCUT2D eigenvalue weighted by molar-refractivity contribution is 14.0. The summed E-state index contributed by atoms with van der Waals surface area (Å²) in [4.78, 5) is 19.0. The van der Waals surface area contributed by atoms with Gasteiger partial charge in [0, 0.05) is 52.0 Å². The number of carbonyl (C=O) groups excluding carboxylic acids is 1. The lowest BCUT2D eigenvalue weighted by molar-refractivity contribution is 0.0953. The van der Waals surface area contributed by atoms with E-state index in [1.807, 2.05) is 38.1 Å². The van der Waals surface area contributed by atoms with Gasteiger partial charge in [-0.15, -0.1) is 24.0 Å². The van der Waals surface area contributed by atoms with E-state index in [-0.39, 0.29) is 29.9 Å². The van der Waals surface area contributed by atoms with Crippen LogP contribution in [0.15, 0.2) is 29.3 Å². The van der Waals surface area contributed by atoms with Crippen molar-refractivity contribution < 1.29 is 9.53 Å². The van der Waals surface area contributed by atoms with Crippen LogP contribution in [0.4, 0.5) is 0 Å². The predicted molar refractivity (Wildman–Crippen MR) is 131 cm³/mol. The number of ether oxygens (including phenoxy) is 1. The SMILES string of the molecule is CCCNC(=O)c1cccc(CN=C(NCC)NCCN(C)CCCOC)c1.I. The molecule has 7 nitrogen and oxygen atoms in total. The third kappa shape index (κ3) is 12.7. The Kier molecular flexibility index (Phi) is 16.6. The summed E-state index contributed by atoms with van der Waals surface area (Å²) in [5, 5.41) is 9.54. The highest BCUT2D eigenvalue weighted by atomic mass is 127. The van der Waals surface area contributed by atoms with Crippen molar-refractivity contribution in [3.8, 4) is 0 Å². The van der Waals surface area contributed by atoms with Crippen LogP contribution in [-0.2, 0) is 11.3 Å². The first-order chi connectivity index (χ1) is 13.6. The Labute approximate surface area is 193 Å². The Morgan fingerprint density at radius 2 is 1.93 bits per heavy atom. The number of benzene rings is 1. The van der Waals surface area contributed by atoms with Gasteiger partial charge in [-0.1, -0.05) is 19.1 Å². The molecular weight excluding hydrogens is 481 g/mol. The maximum absolute atomic E-state index is 12.1. The molecule has 0 atom stereocenters. The van der Waals surface area contributed by atoms with Crippen LogP contribution in [0, 0.1) is 0 Å². The first-order valence-corrected chi connectivity index (χ1v) is 10.2. The molecule has 0 spiro atoms. The van der Waals surface area contributed by atoms with Crippen molar-refractivity contribution in [1.82, 2.24) is 20.9 Å². The fraction of sp³-hybridized carbons (Fsp3) is 0.619. The molecule has 0 saturated carbocycles. The van der Waals surface area contributed by atoms with Crippen molar-refractivity contribution in [2.45, 2.75) is 33.2 Å². The van der Waals surface area contributed by atoms with E-state index < -0.39 is 0 Å². The normalized spacial score (nSPS) is 11.1. The van der Waals surface area contributed by atoms with E-state index in [0.29, 0.717) is 18.7 Å². The fourth-order valence-electron chi connectivity index (χ4n) is 2.62. The van der Waals surface area contributed by atoms with Crippen LogP contribution in [-0.4, -0.2) is 70.3 Å². The second-order valence-electron chi connectivity index (χ2n) is 6.73. The number of methoxy groups -OCH3 is 1. The summed E-state index contributed by atoms with van der Waals surface area (Å²) in [5.41, 5.74) is 1.69. The number of hydrogen-bond donors (Lipinski definition) is 3. The minimum atomic E-state index is -0.0331. The Balaban J connectivity index is 0.00000784. The number of rotatable bonds is 13. The van der Waals surface area contributed by atoms with Gasteiger partial charge in [-0.25, -0.2) is 4.99 Å². The Bertz CT molecular complexity index is 598. The molecule has 1 aromatic rings. The fourth-order valence-corrected chi connectivity index (χ4v) is 2.62. The molecule has 29 heavy (non-hydrogen) atoms. The van der Waals surface area contributed by atoms with Crippen LogP contribution in [0.1, 0.15) is 42.6 Å². The van der Waals surface area contributed by atoms with Crippen molar-refractivity contribution in [1.29, 1.82) is 0 Å². The molecule has 0 fully saturated rings. The summed E-state index contributed by atoms with van der Waals surface area (Å²) in [7, 11) is 3.84. The van der Waals surface area contributed by atoms with Gasteiger partial charge in [0.1, 0.15) is 0 Å². The molecule has 0 aliphatic carbocycles. The molecule has 0 bridgehead atoms. The van der Waals surface area contributed by atoms with Gasteiger partial charge >= 0.3 is 0 Å². The van der Waals surface area contributed by atoms with Gasteiger partial charge in [-0.2, -0.15) is 0 Å². The highest BCUT2D eigenvalue weighted by Gasteiger charge is 2.05. The summed E-state index contributed by atoms with van der Waals surface area (Å²) < 4.78 is 5.09. The topological polar surface area (TPSA) is 78.0 Å². The van der Waals surface area contributed by atoms with Crippen molar-refractivity contribution in [2.24, 2.45) is 4.99 Å². The van der Waals surface area contributed by atoms with Gasteiger partial charge in [0.05, 0.1) is 6.54 Å². The number of guanidine groups is 1. The van der Waals surface area contributed by atoms with Crippen LogP contribution in [0.3, 0.4) is 0 Å². The van der Waals surface area contributed by atoms with E-state index in [4.69, 9.17) is 4.74 Å². The summed E-state index contributed by atoms with van der Waals surface area (Å²) >= 11 is 0. The van der Waals surface area contributed by atoms with Gasteiger partial charge < -0.3 is 25.6 Å². The lowest BCUT2D eigenvalue weighted by Gasteiger charge is -2.18. The van der Waals surface area contributed by atoms with Crippen molar-refractivity contribution in [3.63, 3.8) is 0 Å². The zero-order chi connectivity index (χ0) is 20.6. The standard InChI is InChI=1S/C21H37N5O2.HI/c1-5-11-23-20(27)19-10-7-9-18(16-19)17-25-21(22-6-2)24-12-14-26(3)13-8-15-28-4;/h7,9-10,16H,5-6,8,11-15,17H2,1-4H3,(H,23,27)(H2,22,24,25);1H. The molecule has 0 aromatic heterocycles. The quantitative estimate of drug-likeness (QED) is 0.162. The van der Waals surface area contributed by atoms with Crippen LogP contribution < -0.4 is 16.0 Å². The summed E-state index contributed by atoms with van der Waals surface area (Å²) in [5.74, 6) is 0.753. The first-order valence-electron chi connectivity index (χ1n) is 10.2. The van der Waals surface area contributed by atoms with E-state index in [1.165, 1.54) is 0 Å². The minimum absolute atomic E-state index is 0. The summed E-state index contributed by atoms with van der Waals surface area (Å²) in [6.45, 7) is 9.65. The van der Waals surface area contributed by atoms with Gasteiger partial charge in [-0.05, 0) is 44.5 Å². The molecule has 0 radical (unpaired) electrons. The van der Waals surface area contributed by atoms with E-state index in [9.17, 15) is 4.79 Å². The summed E-state index contributed by atoms with van der Waals surface area (Å²) in [6, 6.07) is 7.64. The van der Waals surface area contributed by atoms with E-state index in [1.54, 1.807) is 7.11 Å². The molecule has 3 N–H and O–H groups in total. The number of nitrogens with zero attached hydrogens (tertiary/aromatic N) is 2. The number of aliphatic imine (C=N–C) groups is 1. The van der Waals surface area contributed by atoms with Crippen LogP contribution >= 0.6 is 24.0 Å². The second-order valence-corrected chi connectivity index (χ2v) is 6.73. The van der Waals surface area contributed by atoms with Crippen LogP contribution in [0.25, 0.3) is 0 Å². The van der Waals surface area contributed by atoms with Crippen LogP contribution in [0.2, 0.25) is 0 Å². The molecule has 1 amide bonds. The monoisotopic (exact) mass is 519 g/mol. The zero-order valence-corrected chi connectivity index (χ0v) is 20.6. The number of halogens is 1. The molecule has 1 aromatic carbocycles. The molecule has 0 aliphatic rings. The number of amides is 1. The molecule has 0 saturated heterocycles. The molecule has 0 unspecified atom stereocenters.